The maximum atomic E-state index is 10.8. The predicted octanol–water partition coefficient (Wildman–Crippen LogP) is 1.51. The number of hydrogen-bond acceptors (Lipinski definition) is 3. The van der Waals surface area contributed by atoms with Crippen molar-refractivity contribution < 1.29 is 9.90 Å². The number of carbonyl (C=O) groups is 1. The van der Waals surface area contributed by atoms with Crippen molar-refractivity contribution in [3.63, 3.8) is 0 Å². The second-order valence-electron chi connectivity index (χ2n) is 4.62. The van der Waals surface area contributed by atoms with Crippen LogP contribution in [0.1, 0.15) is 22.8 Å². The molecule has 0 aromatic heterocycles. The van der Waals surface area contributed by atoms with Crippen molar-refractivity contribution in [2.24, 2.45) is 9.98 Å². The first-order chi connectivity index (χ1) is 9.08. The SMILES string of the molecule is CC1(c2ccc(C(=O)O)cc2)N=c2ccccc2=N1. The third kappa shape index (κ3) is 1.91. The third-order valence-electron chi connectivity index (χ3n) is 3.24. The Balaban J connectivity index is 2.08. The number of aromatic carboxylic acids is 1. The minimum atomic E-state index is -0.930. The average molecular weight is 252 g/mol. The standard InChI is InChI=1S/C15H12N2O2/c1-15(11-8-6-10(7-9-11)14(18)19)16-12-4-2-3-5-13(12)17-15/h2-9H,1H3,(H,18,19). The molecule has 0 saturated carbocycles. The molecule has 2 aromatic rings. The summed E-state index contributed by atoms with van der Waals surface area (Å²) in [5.74, 6) is -0.930. The number of carboxylic acids is 1. The van der Waals surface area contributed by atoms with Crippen molar-refractivity contribution >= 4 is 5.97 Å². The van der Waals surface area contributed by atoms with Crippen molar-refractivity contribution in [1.82, 2.24) is 0 Å². The number of fused-ring (bicyclic) bond motifs is 1. The normalized spacial score (nSPS) is 15.2. The second kappa shape index (κ2) is 4.02. The number of carboxylic acid groups (broad SMARTS) is 1. The molecule has 0 amide bonds. The lowest BCUT2D eigenvalue weighted by molar-refractivity contribution is 0.0697. The molecule has 1 heterocycles. The van der Waals surface area contributed by atoms with E-state index in [1.807, 2.05) is 31.2 Å². The fourth-order valence-corrected chi connectivity index (χ4v) is 2.20. The first-order valence-electron chi connectivity index (χ1n) is 5.97. The molecule has 1 N–H and O–H groups in total. The highest BCUT2D eigenvalue weighted by Gasteiger charge is 2.27. The number of para-hydroxylation sites is 2. The Morgan fingerprint density at radius 1 is 1.00 bits per heavy atom. The van der Waals surface area contributed by atoms with Crippen molar-refractivity contribution in [2.75, 3.05) is 0 Å². The van der Waals surface area contributed by atoms with Crippen LogP contribution >= 0.6 is 0 Å². The smallest absolute Gasteiger partial charge is 0.335 e. The van der Waals surface area contributed by atoms with E-state index < -0.39 is 11.6 Å². The van der Waals surface area contributed by atoms with Gasteiger partial charge in [0.05, 0.1) is 16.3 Å². The van der Waals surface area contributed by atoms with Crippen LogP contribution in [0.5, 0.6) is 0 Å². The first kappa shape index (κ1) is 11.6. The van der Waals surface area contributed by atoms with E-state index in [9.17, 15) is 4.79 Å². The lowest BCUT2D eigenvalue weighted by Crippen LogP contribution is -2.19. The summed E-state index contributed by atoms with van der Waals surface area (Å²) in [4.78, 5) is 20.1. The molecule has 0 spiro atoms. The quantitative estimate of drug-likeness (QED) is 0.880. The van der Waals surface area contributed by atoms with Crippen molar-refractivity contribution in [3.05, 3.63) is 70.4 Å². The van der Waals surface area contributed by atoms with Gasteiger partial charge in [-0.05, 0) is 31.2 Å². The van der Waals surface area contributed by atoms with Gasteiger partial charge in [0.1, 0.15) is 0 Å². The molecule has 0 radical (unpaired) electrons. The Bertz CT molecular complexity index is 728. The van der Waals surface area contributed by atoms with E-state index >= 15 is 0 Å². The average Bonchev–Trinajstić information content (AvgIpc) is 2.76. The van der Waals surface area contributed by atoms with E-state index in [1.54, 1.807) is 24.3 Å². The van der Waals surface area contributed by atoms with E-state index in [4.69, 9.17) is 5.11 Å². The lowest BCUT2D eigenvalue weighted by Gasteiger charge is -2.17. The predicted molar refractivity (Wildman–Crippen MR) is 69.5 cm³/mol. The molecule has 3 rings (SSSR count). The summed E-state index contributed by atoms with van der Waals surface area (Å²) < 4.78 is 0. The zero-order valence-electron chi connectivity index (χ0n) is 10.4. The Morgan fingerprint density at radius 2 is 1.53 bits per heavy atom. The highest BCUT2D eigenvalue weighted by Crippen LogP contribution is 2.27. The Labute approximate surface area is 109 Å². The fraction of sp³-hybridized carbons (Fsp3) is 0.133. The second-order valence-corrected chi connectivity index (χ2v) is 4.62. The van der Waals surface area contributed by atoms with Gasteiger partial charge < -0.3 is 5.11 Å². The molecule has 0 fully saturated rings. The Morgan fingerprint density at radius 3 is 2.00 bits per heavy atom. The number of benzene rings is 2. The minimum absolute atomic E-state index is 0.267. The minimum Gasteiger partial charge on any atom is -0.478 e. The van der Waals surface area contributed by atoms with Crippen LogP contribution in [0.25, 0.3) is 0 Å². The zero-order chi connectivity index (χ0) is 13.5. The Kier molecular flexibility index (Phi) is 2.45. The molecule has 2 aromatic carbocycles. The summed E-state index contributed by atoms with van der Waals surface area (Å²) in [7, 11) is 0. The van der Waals surface area contributed by atoms with Gasteiger partial charge in [0, 0.05) is 5.56 Å². The Hall–Kier alpha value is -2.49. The molecule has 1 aliphatic rings. The third-order valence-corrected chi connectivity index (χ3v) is 3.24. The summed E-state index contributed by atoms with van der Waals surface area (Å²) in [5.41, 5.74) is 0.484. The van der Waals surface area contributed by atoms with Crippen LogP contribution in [-0.4, -0.2) is 11.1 Å². The maximum Gasteiger partial charge on any atom is 0.335 e. The van der Waals surface area contributed by atoms with E-state index in [2.05, 4.69) is 9.98 Å². The van der Waals surface area contributed by atoms with Crippen LogP contribution in [0.4, 0.5) is 0 Å². The summed E-state index contributed by atoms with van der Waals surface area (Å²) in [6.07, 6.45) is 0. The molecule has 0 atom stereocenters. The van der Waals surface area contributed by atoms with Gasteiger partial charge in [-0.3, -0.25) is 0 Å². The van der Waals surface area contributed by atoms with Gasteiger partial charge in [0.2, 0.25) is 0 Å². The van der Waals surface area contributed by atoms with Crippen LogP contribution in [0.3, 0.4) is 0 Å². The monoisotopic (exact) mass is 252 g/mol. The van der Waals surface area contributed by atoms with Crippen LogP contribution in [-0.2, 0) is 5.66 Å². The molecule has 19 heavy (non-hydrogen) atoms. The highest BCUT2D eigenvalue weighted by molar-refractivity contribution is 5.87. The van der Waals surface area contributed by atoms with E-state index in [0.29, 0.717) is 0 Å². The summed E-state index contributed by atoms with van der Waals surface area (Å²) in [6, 6.07) is 14.4. The zero-order valence-corrected chi connectivity index (χ0v) is 10.4. The van der Waals surface area contributed by atoms with Crippen molar-refractivity contribution in [1.29, 1.82) is 0 Å². The van der Waals surface area contributed by atoms with Gasteiger partial charge >= 0.3 is 5.97 Å². The largest absolute Gasteiger partial charge is 0.478 e. The van der Waals surface area contributed by atoms with Gasteiger partial charge in [-0.25, -0.2) is 14.8 Å². The van der Waals surface area contributed by atoms with Crippen LogP contribution in [0, 0.1) is 0 Å². The summed E-state index contributed by atoms with van der Waals surface area (Å²) >= 11 is 0. The van der Waals surface area contributed by atoms with Crippen LogP contribution in [0.15, 0.2) is 58.5 Å². The van der Waals surface area contributed by atoms with Gasteiger partial charge in [0.25, 0.3) is 0 Å². The number of nitrogens with zero attached hydrogens (tertiary/aromatic N) is 2. The van der Waals surface area contributed by atoms with E-state index in [0.717, 1.165) is 16.3 Å². The van der Waals surface area contributed by atoms with E-state index in [-0.39, 0.29) is 5.56 Å². The highest BCUT2D eigenvalue weighted by atomic mass is 16.4. The molecule has 4 heteroatoms. The van der Waals surface area contributed by atoms with Crippen molar-refractivity contribution in [2.45, 2.75) is 12.6 Å². The van der Waals surface area contributed by atoms with E-state index in [1.165, 1.54) is 0 Å². The molecule has 0 bridgehead atoms. The number of rotatable bonds is 2. The molecule has 4 nitrogen and oxygen atoms in total. The molecular formula is C15H12N2O2. The molecule has 0 unspecified atom stereocenters. The lowest BCUT2D eigenvalue weighted by atomic mass is 10.0. The van der Waals surface area contributed by atoms with Crippen LogP contribution < -0.4 is 10.7 Å². The summed E-state index contributed by atoms with van der Waals surface area (Å²) in [5, 5.41) is 10.6. The molecule has 94 valence electrons. The van der Waals surface area contributed by atoms with Crippen molar-refractivity contribution in [3.8, 4) is 0 Å². The number of hydrogen-bond donors (Lipinski definition) is 1. The first-order valence-corrected chi connectivity index (χ1v) is 5.97. The molecular weight excluding hydrogens is 240 g/mol. The van der Waals surface area contributed by atoms with Crippen LogP contribution in [0.2, 0.25) is 0 Å². The fourth-order valence-electron chi connectivity index (χ4n) is 2.20. The topological polar surface area (TPSA) is 62.0 Å². The molecule has 0 aliphatic carbocycles. The molecule has 0 saturated heterocycles. The van der Waals surface area contributed by atoms with Gasteiger partial charge in [-0.15, -0.1) is 0 Å². The summed E-state index contributed by atoms with van der Waals surface area (Å²) in [6.45, 7) is 1.92. The van der Waals surface area contributed by atoms with Gasteiger partial charge in [-0.1, -0.05) is 24.3 Å². The molecule has 1 aliphatic heterocycles. The maximum absolute atomic E-state index is 10.8. The van der Waals surface area contributed by atoms with Gasteiger partial charge in [0.15, 0.2) is 5.66 Å². The van der Waals surface area contributed by atoms with Gasteiger partial charge in [-0.2, -0.15) is 0 Å².